The van der Waals surface area contributed by atoms with E-state index in [1.165, 1.54) is 6.92 Å². The molecule has 0 spiro atoms. The molecule has 0 unspecified atom stereocenters. The van der Waals surface area contributed by atoms with E-state index in [-0.39, 0.29) is 11.7 Å². The third-order valence-electron chi connectivity index (χ3n) is 4.38. The molecule has 0 saturated carbocycles. The Morgan fingerprint density at radius 1 is 1.19 bits per heavy atom. The summed E-state index contributed by atoms with van der Waals surface area (Å²) in [7, 11) is 1.58. The lowest BCUT2D eigenvalue weighted by atomic mass is 9.93. The fourth-order valence-electron chi connectivity index (χ4n) is 3.11. The average molecular weight is 365 g/mol. The zero-order valence-corrected chi connectivity index (χ0v) is 15.7. The Hall–Kier alpha value is -3.28. The predicted molar refractivity (Wildman–Crippen MR) is 105 cm³/mol. The van der Waals surface area contributed by atoms with Crippen molar-refractivity contribution < 1.29 is 14.3 Å². The van der Waals surface area contributed by atoms with Gasteiger partial charge in [-0.1, -0.05) is 36.4 Å². The van der Waals surface area contributed by atoms with Crippen molar-refractivity contribution in [1.82, 2.24) is 5.32 Å². The van der Waals surface area contributed by atoms with Crippen LogP contribution in [0, 0.1) is 0 Å². The maximum absolute atomic E-state index is 12.1. The first-order chi connectivity index (χ1) is 13.0. The maximum Gasteiger partial charge on any atom is 0.193 e. The number of ether oxygens (including phenoxy) is 2. The summed E-state index contributed by atoms with van der Waals surface area (Å²) >= 11 is 0. The van der Waals surface area contributed by atoms with Gasteiger partial charge in [0.2, 0.25) is 0 Å². The molecule has 0 aliphatic carbocycles. The van der Waals surface area contributed by atoms with Crippen molar-refractivity contribution in [2.75, 3.05) is 7.11 Å². The van der Waals surface area contributed by atoms with Crippen LogP contribution in [0.1, 0.15) is 31.0 Å². The van der Waals surface area contributed by atoms with Crippen molar-refractivity contribution in [3.63, 3.8) is 0 Å². The smallest absolute Gasteiger partial charge is 0.193 e. The Labute approximate surface area is 158 Å². The Bertz CT molecular complexity index is 904. The van der Waals surface area contributed by atoms with E-state index in [9.17, 15) is 4.79 Å². The van der Waals surface area contributed by atoms with E-state index < -0.39 is 6.04 Å². The van der Waals surface area contributed by atoms with Crippen molar-refractivity contribution in [2.24, 2.45) is 10.7 Å². The molecule has 140 valence electrons. The van der Waals surface area contributed by atoms with Gasteiger partial charge >= 0.3 is 0 Å². The van der Waals surface area contributed by atoms with E-state index in [1.807, 2.05) is 55.5 Å². The molecule has 0 saturated heterocycles. The van der Waals surface area contributed by atoms with Crippen LogP contribution in [-0.2, 0) is 11.4 Å². The topological polar surface area (TPSA) is 85.9 Å². The Kier molecular flexibility index (Phi) is 5.45. The highest BCUT2D eigenvalue weighted by molar-refractivity contribution is 5.98. The molecule has 27 heavy (non-hydrogen) atoms. The SMILES string of the molecule is COc1cc([C@@H]2N=C(N)NC(C)=C2C(C)=O)ccc1OCc1ccccc1. The average Bonchev–Trinajstić information content (AvgIpc) is 2.66. The Morgan fingerprint density at radius 3 is 2.59 bits per heavy atom. The molecule has 0 aromatic heterocycles. The number of guanidine groups is 1. The number of ketones is 1. The van der Waals surface area contributed by atoms with Crippen LogP contribution in [0.5, 0.6) is 11.5 Å². The van der Waals surface area contributed by atoms with Crippen LogP contribution in [-0.4, -0.2) is 18.9 Å². The molecular formula is C21H23N3O3. The summed E-state index contributed by atoms with van der Waals surface area (Å²) in [6.45, 7) is 3.78. The molecule has 0 radical (unpaired) electrons. The quantitative estimate of drug-likeness (QED) is 0.821. The molecule has 1 aliphatic rings. The van der Waals surface area contributed by atoms with Gasteiger partial charge in [0.1, 0.15) is 12.6 Å². The molecule has 0 bridgehead atoms. The van der Waals surface area contributed by atoms with Gasteiger partial charge in [-0.05, 0) is 37.1 Å². The van der Waals surface area contributed by atoms with Crippen LogP contribution in [0.2, 0.25) is 0 Å². The van der Waals surface area contributed by atoms with Gasteiger partial charge < -0.3 is 20.5 Å². The minimum atomic E-state index is -0.471. The van der Waals surface area contributed by atoms with Crippen molar-refractivity contribution in [2.45, 2.75) is 26.5 Å². The summed E-state index contributed by atoms with van der Waals surface area (Å²) in [6.07, 6.45) is 0. The first-order valence-corrected chi connectivity index (χ1v) is 8.66. The zero-order chi connectivity index (χ0) is 19.4. The summed E-state index contributed by atoms with van der Waals surface area (Å²) < 4.78 is 11.4. The summed E-state index contributed by atoms with van der Waals surface area (Å²) in [5.41, 5.74) is 9.04. The second kappa shape index (κ2) is 7.95. The monoisotopic (exact) mass is 365 g/mol. The number of hydrogen-bond acceptors (Lipinski definition) is 6. The minimum absolute atomic E-state index is 0.0513. The van der Waals surface area contributed by atoms with Gasteiger partial charge in [0, 0.05) is 11.3 Å². The molecule has 2 aromatic rings. The number of carbonyl (C=O) groups excluding carboxylic acids is 1. The molecule has 1 heterocycles. The molecule has 2 aromatic carbocycles. The number of benzene rings is 2. The predicted octanol–water partition coefficient (Wildman–Crippen LogP) is 3.10. The number of rotatable bonds is 6. The minimum Gasteiger partial charge on any atom is -0.493 e. The van der Waals surface area contributed by atoms with Crippen molar-refractivity contribution >= 4 is 11.7 Å². The number of nitrogens with zero attached hydrogens (tertiary/aromatic N) is 1. The van der Waals surface area contributed by atoms with E-state index >= 15 is 0 Å². The lowest BCUT2D eigenvalue weighted by molar-refractivity contribution is -0.114. The molecule has 3 rings (SSSR count). The summed E-state index contributed by atoms with van der Waals surface area (Å²) in [4.78, 5) is 16.5. The molecule has 0 amide bonds. The van der Waals surface area contributed by atoms with E-state index in [4.69, 9.17) is 15.2 Å². The standard InChI is InChI=1S/C21H23N3O3/c1-13-19(14(2)25)20(24-21(22)23-13)16-9-10-17(18(11-16)26-3)27-12-15-7-5-4-6-8-15/h4-11,20H,12H2,1-3H3,(H3,22,23,24)/t20-/m0/s1. The van der Waals surface area contributed by atoms with Crippen LogP contribution < -0.4 is 20.5 Å². The Morgan fingerprint density at radius 2 is 1.93 bits per heavy atom. The first-order valence-electron chi connectivity index (χ1n) is 8.66. The third kappa shape index (κ3) is 4.11. The highest BCUT2D eigenvalue weighted by atomic mass is 16.5. The summed E-state index contributed by atoms with van der Waals surface area (Å²) in [5, 5.41) is 2.92. The van der Waals surface area contributed by atoms with Gasteiger partial charge in [-0.15, -0.1) is 0 Å². The van der Waals surface area contributed by atoms with Gasteiger partial charge in [0.05, 0.1) is 7.11 Å². The largest absolute Gasteiger partial charge is 0.493 e. The fourth-order valence-corrected chi connectivity index (χ4v) is 3.11. The second-order valence-electron chi connectivity index (χ2n) is 6.32. The van der Waals surface area contributed by atoms with Crippen LogP contribution in [0.4, 0.5) is 0 Å². The molecular weight excluding hydrogens is 342 g/mol. The number of nitrogens with one attached hydrogen (secondary N) is 1. The highest BCUT2D eigenvalue weighted by Gasteiger charge is 2.27. The van der Waals surface area contributed by atoms with Gasteiger partial charge in [0.25, 0.3) is 0 Å². The molecule has 3 N–H and O–H groups in total. The molecule has 6 heteroatoms. The van der Waals surface area contributed by atoms with Crippen molar-refractivity contribution in [3.8, 4) is 11.5 Å². The van der Waals surface area contributed by atoms with Crippen LogP contribution in [0.15, 0.2) is 64.8 Å². The summed E-state index contributed by atoms with van der Waals surface area (Å²) in [6, 6.07) is 15.0. The number of Topliss-reactive ketones (excluding diaryl/α,β-unsaturated/α-hetero) is 1. The van der Waals surface area contributed by atoms with E-state index in [0.29, 0.717) is 29.4 Å². The second-order valence-corrected chi connectivity index (χ2v) is 6.32. The lowest BCUT2D eigenvalue weighted by Crippen LogP contribution is -2.36. The van der Waals surface area contributed by atoms with E-state index in [0.717, 1.165) is 11.1 Å². The zero-order valence-electron chi connectivity index (χ0n) is 15.7. The third-order valence-corrected chi connectivity index (χ3v) is 4.38. The number of allylic oxidation sites excluding steroid dienone is 1. The van der Waals surface area contributed by atoms with Gasteiger partial charge in [-0.3, -0.25) is 4.79 Å². The molecule has 0 fully saturated rings. The number of aliphatic imine (C=N–C) groups is 1. The Balaban J connectivity index is 1.89. The van der Waals surface area contributed by atoms with E-state index in [1.54, 1.807) is 7.11 Å². The van der Waals surface area contributed by atoms with E-state index in [2.05, 4.69) is 10.3 Å². The normalized spacial score (nSPS) is 16.4. The van der Waals surface area contributed by atoms with Crippen molar-refractivity contribution in [3.05, 3.63) is 70.9 Å². The summed E-state index contributed by atoms with van der Waals surface area (Å²) in [5.74, 6) is 1.44. The molecule has 1 aliphatic heterocycles. The number of nitrogens with two attached hydrogens (primary N) is 1. The number of hydrogen-bond donors (Lipinski definition) is 2. The van der Waals surface area contributed by atoms with Gasteiger partial charge in [-0.25, -0.2) is 4.99 Å². The first kappa shape index (κ1) is 18.5. The van der Waals surface area contributed by atoms with Gasteiger partial charge in [0.15, 0.2) is 23.2 Å². The van der Waals surface area contributed by atoms with Crippen LogP contribution in [0.3, 0.4) is 0 Å². The number of carbonyl (C=O) groups is 1. The maximum atomic E-state index is 12.1. The van der Waals surface area contributed by atoms with Crippen molar-refractivity contribution in [1.29, 1.82) is 0 Å². The van der Waals surface area contributed by atoms with Crippen LogP contribution >= 0.6 is 0 Å². The highest BCUT2D eigenvalue weighted by Crippen LogP contribution is 2.36. The molecule has 1 atom stereocenters. The fraction of sp³-hybridized carbons (Fsp3) is 0.238. The van der Waals surface area contributed by atoms with Gasteiger partial charge in [-0.2, -0.15) is 0 Å². The lowest BCUT2D eigenvalue weighted by Gasteiger charge is -2.24. The van der Waals surface area contributed by atoms with Crippen LogP contribution in [0.25, 0.3) is 0 Å². The number of methoxy groups -OCH3 is 1. The molecule has 6 nitrogen and oxygen atoms in total.